The van der Waals surface area contributed by atoms with Crippen LogP contribution in [0.15, 0.2) is 8.61 Å². The summed E-state index contributed by atoms with van der Waals surface area (Å²) in [6, 6.07) is 0. The van der Waals surface area contributed by atoms with E-state index in [1.807, 2.05) is 4.99 Å². The van der Waals surface area contributed by atoms with Crippen molar-refractivity contribution in [1.82, 2.24) is 0 Å². The summed E-state index contributed by atoms with van der Waals surface area (Å²) in [4.78, 5) is 1.88. The quantitative estimate of drug-likeness (QED) is 0.608. The molecule has 0 unspecified atom stereocenters. The van der Waals surface area contributed by atoms with Crippen LogP contribution < -0.4 is 0 Å². The molecule has 0 aromatic heterocycles. The topological polar surface area (TPSA) is 20.2 Å². The van der Waals surface area contributed by atoms with Crippen LogP contribution in [0, 0.1) is 0 Å². The van der Waals surface area contributed by atoms with E-state index in [0.29, 0.717) is 0 Å². The van der Waals surface area contributed by atoms with Crippen LogP contribution in [-0.2, 0) is 0 Å². The first-order valence-electron chi connectivity index (χ1n) is 3.38. The minimum atomic E-state index is -0.0482. The zero-order chi connectivity index (χ0) is 7.82. The summed E-state index contributed by atoms with van der Waals surface area (Å²) < 4.78 is 2.54. The maximum atomic E-state index is 8.76. The van der Waals surface area contributed by atoms with E-state index in [2.05, 4.69) is 22.9 Å². The Bertz CT molecular complexity index is 104. The third kappa shape index (κ3) is 5.73. The molecule has 0 aromatic rings. The summed E-state index contributed by atoms with van der Waals surface area (Å²) in [5.41, 5.74) is 0. The van der Waals surface area contributed by atoms with Gasteiger partial charge in [0.1, 0.15) is 0 Å². The van der Waals surface area contributed by atoms with Crippen molar-refractivity contribution in [2.45, 2.75) is 24.2 Å². The molecule has 0 rings (SSSR count). The van der Waals surface area contributed by atoms with Crippen LogP contribution in [0.3, 0.4) is 0 Å². The van der Waals surface area contributed by atoms with Gasteiger partial charge in [0.05, 0.1) is 0 Å². The van der Waals surface area contributed by atoms with E-state index in [-0.39, 0.29) is 27.5 Å². The number of aliphatic hydroxyl groups is 1. The summed E-state index contributed by atoms with van der Waals surface area (Å²) in [6.07, 6.45) is 2.58. The SMILES string of the molecule is CCCC[Te]/C(=C/Br)CO. The summed E-state index contributed by atoms with van der Waals surface area (Å²) in [7, 11) is 0. The normalized spacial score (nSPS) is 12.1. The van der Waals surface area contributed by atoms with Crippen molar-refractivity contribution in [1.29, 1.82) is 0 Å². The second kappa shape index (κ2) is 8.07. The Balaban J connectivity index is 3.27. The van der Waals surface area contributed by atoms with E-state index in [9.17, 15) is 0 Å². The van der Waals surface area contributed by atoms with Gasteiger partial charge in [0, 0.05) is 0 Å². The Morgan fingerprint density at radius 2 is 2.40 bits per heavy atom. The Morgan fingerprint density at radius 3 is 2.80 bits per heavy atom. The molecule has 0 saturated carbocycles. The van der Waals surface area contributed by atoms with Crippen molar-refractivity contribution >= 4 is 36.9 Å². The van der Waals surface area contributed by atoms with E-state index >= 15 is 0 Å². The van der Waals surface area contributed by atoms with E-state index in [0.717, 1.165) is 0 Å². The van der Waals surface area contributed by atoms with Crippen molar-refractivity contribution in [3.05, 3.63) is 8.61 Å². The average molecular weight is 321 g/mol. The van der Waals surface area contributed by atoms with Crippen molar-refractivity contribution < 1.29 is 5.11 Å². The molecule has 0 bridgehead atoms. The first kappa shape index (κ1) is 11.0. The van der Waals surface area contributed by atoms with Crippen LogP contribution >= 0.6 is 15.9 Å². The fourth-order valence-electron chi connectivity index (χ4n) is 0.459. The molecule has 0 heterocycles. The van der Waals surface area contributed by atoms with Gasteiger partial charge < -0.3 is 0 Å². The van der Waals surface area contributed by atoms with Crippen LogP contribution in [0.25, 0.3) is 0 Å². The summed E-state index contributed by atoms with van der Waals surface area (Å²) in [5.74, 6) is 0. The van der Waals surface area contributed by atoms with Gasteiger partial charge in [-0.15, -0.1) is 0 Å². The number of halogens is 1. The fraction of sp³-hybridized carbons (Fsp3) is 0.714. The third-order valence-corrected chi connectivity index (χ3v) is 5.73. The summed E-state index contributed by atoms with van der Waals surface area (Å²) in [6.45, 7) is 2.45. The van der Waals surface area contributed by atoms with Gasteiger partial charge in [-0.05, 0) is 0 Å². The Kier molecular flexibility index (Phi) is 8.85. The molecule has 0 fully saturated rings. The second-order valence-corrected chi connectivity index (χ2v) is 5.88. The van der Waals surface area contributed by atoms with Crippen LogP contribution in [-0.4, -0.2) is 32.6 Å². The van der Waals surface area contributed by atoms with Crippen LogP contribution in [0.5, 0.6) is 0 Å². The first-order chi connectivity index (χ1) is 4.85. The standard InChI is InChI=1S/C7H13BrOTe/c1-2-3-4-10-7(5-8)6-9/h5,9H,2-4,6H2,1H3/b7-5+. The molecular weight excluding hydrogens is 308 g/mol. The van der Waals surface area contributed by atoms with Crippen LogP contribution in [0.1, 0.15) is 19.8 Å². The molecule has 0 spiro atoms. The molecule has 1 N–H and O–H groups in total. The third-order valence-electron chi connectivity index (χ3n) is 1.06. The molecule has 0 radical (unpaired) electrons. The van der Waals surface area contributed by atoms with Gasteiger partial charge in [-0.25, -0.2) is 0 Å². The number of unbranched alkanes of at least 4 members (excludes halogenated alkanes) is 1. The van der Waals surface area contributed by atoms with Gasteiger partial charge in [0.2, 0.25) is 0 Å². The van der Waals surface area contributed by atoms with Gasteiger partial charge in [-0.1, -0.05) is 0 Å². The van der Waals surface area contributed by atoms with Crippen LogP contribution in [0.2, 0.25) is 4.47 Å². The fourth-order valence-corrected chi connectivity index (χ4v) is 3.92. The molecule has 0 aliphatic carbocycles. The van der Waals surface area contributed by atoms with Gasteiger partial charge in [0.25, 0.3) is 0 Å². The number of aliphatic hydroxyl groups excluding tert-OH is 1. The zero-order valence-corrected chi connectivity index (χ0v) is 10.1. The molecule has 0 amide bonds. The summed E-state index contributed by atoms with van der Waals surface area (Å²) in [5, 5.41) is 8.76. The molecule has 60 valence electrons. The van der Waals surface area contributed by atoms with Gasteiger partial charge >= 0.3 is 81.4 Å². The maximum absolute atomic E-state index is 8.76. The zero-order valence-electron chi connectivity index (χ0n) is 6.14. The molecule has 3 heteroatoms. The monoisotopic (exact) mass is 322 g/mol. The first-order valence-corrected chi connectivity index (χ1v) is 7.11. The van der Waals surface area contributed by atoms with Crippen molar-refractivity contribution in [3.63, 3.8) is 0 Å². The predicted octanol–water partition coefficient (Wildman–Crippen LogP) is 2.14. The second-order valence-electron chi connectivity index (χ2n) is 1.94. The van der Waals surface area contributed by atoms with Gasteiger partial charge in [0.15, 0.2) is 0 Å². The van der Waals surface area contributed by atoms with E-state index < -0.39 is 0 Å². The molecule has 0 saturated heterocycles. The van der Waals surface area contributed by atoms with Crippen LogP contribution in [0.4, 0.5) is 0 Å². The van der Waals surface area contributed by atoms with Crippen molar-refractivity contribution in [2.75, 3.05) is 6.61 Å². The molecule has 10 heavy (non-hydrogen) atoms. The Morgan fingerprint density at radius 1 is 1.70 bits per heavy atom. The molecular formula is C7H13BrOTe. The molecule has 0 atom stereocenters. The molecule has 0 aliphatic rings. The van der Waals surface area contributed by atoms with E-state index in [1.165, 1.54) is 20.9 Å². The van der Waals surface area contributed by atoms with Crippen molar-refractivity contribution in [3.8, 4) is 0 Å². The molecule has 1 nitrogen and oxygen atoms in total. The van der Waals surface area contributed by atoms with E-state index in [1.54, 1.807) is 0 Å². The number of hydrogen-bond acceptors (Lipinski definition) is 1. The predicted molar refractivity (Wildman–Crippen MR) is 49.6 cm³/mol. The minimum absolute atomic E-state index is 0.0482. The Labute approximate surface area is 81.1 Å². The van der Waals surface area contributed by atoms with Crippen molar-refractivity contribution in [2.24, 2.45) is 0 Å². The van der Waals surface area contributed by atoms with Gasteiger partial charge in [-0.2, -0.15) is 0 Å². The van der Waals surface area contributed by atoms with E-state index in [4.69, 9.17) is 5.11 Å². The molecule has 0 aliphatic heterocycles. The van der Waals surface area contributed by atoms with Gasteiger partial charge in [-0.3, -0.25) is 0 Å². The summed E-state index contributed by atoms with van der Waals surface area (Å²) >= 11 is 3.19. The number of rotatable bonds is 5. The average Bonchev–Trinajstić information content (AvgIpc) is 1.99. The molecule has 0 aromatic carbocycles. The number of hydrogen-bond donors (Lipinski definition) is 1. The Hall–Kier alpha value is 0.970.